The van der Waals surface area contributed by atoms with Crippen LogP contribution in [-0.2, 0) is 13.6 Å². The summed E-state index contributed by atoms with van der Waals surface area (Å²) in [5, 5.41) is 0.346. The average molecular weight is 575 g/mol. The number of rotatable bonds is 6. The monoisotopic (exact) mass is 574 g/mol. The van der Waals surface area contributed by atoms with E-state index in [2.05, 4.69) is 127 Å². The van der Waals surface area contributed by atoms with Gasteiger partial charge >= 0.3 is 0 Å². The molecule has 6 heteroatoms. The summed E-state index contributed by atoms with van der Waals surface area (Å²) < 4.78 is 21.3. The predicted octanol–water partition coefficient (Wildman–Crippen LogP) is 7.93. The van der Waals surface area contributed by atoms with Crippen LogP contribution >= 0.6 is 22.6 Å². The van der Waals surface area contributed by atoms with Gasteiger partial charge < -0.3 is 13.6 Å². The van der Waals surface area contributed by atoms with E-state index in [1.807, 2.05) is 0 Å². The highest BCUT2D eigenvalue weighted by molar-refractivity contribution is 14.1. The third-order valence-corrected chi connectivity index (χ3v) is 17.1. The fourth-order valence-electron chi connectivity index (χ4n) is 3.08. The number of hydrogen-bond acceptors (Lipinski definition) is 3. The second kappa shape index (κ2) is 10.1. The Bertz CT molecular complexity index is 752. The zero-order valence-corrected chi connectivity index (χ0v) is 25.4. The van der Waals surface area contributed by atoms with E-state index in [1.54, 1.807) is 0 Å². The maximum Gasteiger partial charge on any atom is 0.192 e. The molecule has 31 heavy (non-hydrogen) atoms. The average Bonchev–Trinajstić information content (AvgIpc) is 2.96. The first-order chi connectivity index (χ1) is 14.0. The molecule has 0 radical (unpaired) electrons. The third kappa shape index (κ3) is 7.24. The van der Waals surface area contributed by atoms with Crippen LogP contribution in [0.3, 0.4) is 0 Å². The Morgan fingerprint density at radius 2 is 1.52 bits per heavy atom. The van der Waals surface area contributed by atoms with Crippen LogP contribution in [0, 0.1) is 0 Å². The summed E-state index contributed by atoms with van der Waals surface area (Å²) in [4.78, 5) is 0. The highest BCUT2D eigenvalue weighted by atomic mass is 127. The summed E-state index contributed by atoms with van der Waals surface area (Å²) in [6, 6.07) is 0. The van der Waals surface area contributed by atoms with Gasteiger partial charge in [0.15, 0.2) is 16.6 Å². The number of ether oxygens (including phenoxy) is 1. The molecule has 176 valence electrons. The molecule has 3 atom stereocenters. The van der Waals surface area contributed by atoms with Gasteiger partial charge in [-0.2, -0.15) is 0 Å². The van der Waals surface area contributed by atoms with Gasteiger partial charge in [0.2, 0.25) is 0 Å². The fraction of sp³-hybridized carbons (Fsp3) is 0.680. The van der Waals surface area contributed by atoms with Gasteiger partial charge in [0.25, 0.3) is 0 Å². The van der Waals surface area contributed by atoms with E-state index in [4.69, 9.17) is 13.6 Å². The van der Waals surface area contributed by atoms with Crippen molar-refractivity contribution in [3.05, 3.63) is 45.6 Å². The zero-order chi connectivity index (χ0) is 23.7. The van der Waals surface area contributed by atoms with Crippen molar-refractivity contribution in [1.82, 2.24) is 0 Å². The first-order valence-electron chi connectivity index (χ1n) is 11.4. The van der Waals surface area contributed by atoms with Crippen LogP contribution < -0.4 is 0 Å². The lowest BCUT2D eigenvalue weighted by molar-refractivity contribution is -0.00563. The largest absolute Gasteiger partial charge is 0.414 e. The Kier molecular flexibility index (Phi) is 8.87. The smallest absolute Gasteiger partial charge is 0.192 e. The summed E-state index contributed by atoms with van der Waals surface area (Å²) in [7, 11) is -3.77. The maximum atomic E-state index is 6.89. The van der Waals surface area contributed by atoms with Gasteiger partial charge in [-0.3, -0.25) is 0 Å². The minimum absolute atomic E-state index is 0.0333. The van der Waals surface area contributed by atoms with Crippen molar-refractivity contribution in [3.63, 3.8) is 0 Å². The molecule has 2 aliphatic rings. The molecular formula is C25H43IO3Si2. The summed E-state index contributed by atoms with van der Waals surface area (Å²) in [5.41, 5.74) is 1.21. The lowest BCUT2D eigenvalue weighted by Crippen LogP contribution is -2.48. The first-order valence-corrected chi connectivity index (χ1v) is 18.3. The van der Waals surface area contributed by atoms with Gasteiger partial charge in [-0.15, -0.1) is 0 Å². The van der Waals surface area contributed by atoms with Crippen molar-refractivity contribution in [3.8, 4) is 0 Å². The Morgan fingerprint density at radius 3 is 2.10 bits per heavy atom. The van der Waals surface area contributed by atoms with Crippen LogP contribution in [-0.4, -0.2) is 41.6 Å². The topological polar surface area (TPSA) is 27.7 Å². The fourth-order valence-corrected chi connectivity index (χ4v) is 5.84. The molecule has 1 fully saturated rings. The molecule has 1 aliphatic heterocycles. The van der Waals surface area contributed by atoms with Crippen molar-refractivity contribution in [1.29, 1.82) is 0 Å². The second-order valence-electron chi connectivity index (χ2n) is 11.8. The molecule has 0 N–H and O–H groups in total. The summed E-state index contributed by atoms with van der Waals surface area (Å²) >= 11 is 2.36. The number of halogens is 1. The van der Waals surface area contributed by atoms with Gasteiger partial charge in [-0.05, 0) is 76.6 Å². The molecule has 3 nitrogen and oxygen atoms in total. The van der Waals surface area contributed by atoms with E-state index in [-0.39, 0.29) is 28.4 Å². The molecular weight excluding hydrogens is 531 g/mol. The van der Waals surface area contributed by atoms with Crippen LogP contribution in [0.2, 0.25) is 36.3 Å². The lowest BCUT2D eigenvalue weighted by atomic mass is 10.0. The lowest BCUT2D eigenvalue weighted by Gasteiger charge is -2.40. The minimum Gasteiger partial charge on any atom is -0.414 e. The maximum absolute atomic E-state index is 6.89. The van der Waals surface area contributed by atoms with Gasteiger partial charge in [-0.1, -0.05) is 65.8 Å². The molecule has 0 aromatic heterocycles. The summed E-state index contributed by atoms with van der Waals surface area (Å²) in [6.07, 6.45) is 13.7. The van der Waals surface area contributed by atoms with Crippen molar-refractivity contribution in [2.75, 3.05) is 6.61 Å². The highest BCUT2D eigenvalue weighted by Gasteiger charge is 2.46. The van der Waals surface area contributed by atoms with Crippen molar-refractivity contribution < 1.29 is 13.6 Å². The molecule has 0 aromatic rings. The van der Waals surface area contributed by atoms with Crippen molar-refractivity contribution in [2.45, 2.75) is 103 Å². The molecule has 1 heterocycles. The van der Waals surface area contributed by atoms with Crippen LogP contribution in [0.1, 0.15) is 48.0 Å². The van der Waals surface area contributed by atoms with Crippen LogP contribution in [0.4, 0.5) is 0 Å². The van der Waals surface area contributed by atoms with Crippen LogP contribution in [0.15, 0.2) is 45.6 Å². The van der Waals surface area contributed by atoms with Crippen molar-refractivity contribution >= 4 is 39.2 Å². The Balaban J connectivity index is 2.24. The Morgan fingerprint density at radius 1 is 0.935 bits per heavy atom. The standard InChI is InChI=1S/C25H43IO3Si2/c1-24(2,3)30(7,8)27-18-23-22(29-31(9,10)25(4,5)6)17-21(28-23)19-13-11-12-14-20(26)16-15-19/h11-16,21-23H,17-18H2,1-10H3/b12-11-,13-11?,14-12?,16-15?,19-13?,19-15?,20-14+,20-16?. The second-order valence-corrected chi connectivity index (χ2v) is 22.6. The van der Waals surface area contributed by atoms with Gasteiger partial charge in [0.1, 0.15) is 6.10 Å². The van der Waals surface area contributed by atoms with Crippen molar-refractivity contribution in [2.24, 2.45) is 0 Å². The molecule has 0 saturated carbocycles. The predicted molar refractivity (Wildman–Crippen MR) is 147 cm³/mol. The van der Waals surface area contributed by atoms with E-state index in [0.717, 1.165) is 6.42 Å². The van der Waals surface area contributed by atoms with E-state index < -0.39 is 16.6 Å². The van der Waals surface area contributed by atoms with Gasteiger partial charge in [0.05, 0.1) is 18.8 Å². The minimum atomic E-state index is -1.92. The molecule has 1 saturated heterocycles. The zero-order valence-electron chi connectivity index (χ0n) is 21.2. The Hall–Kier alpha value is 0.00377. The van der Waals surface area contributed by atoms with Gasteiger partial charge in [0, 0.05) is 10.0 Å². The molecule has 0 amide bonds. The molecule has 0 spiro atoms. The highest BCUT2D eigenvalue weighted by Crippen LogP contribution is 2.42. The molecule has 0 aromatic carbocycles. The van der Waals surface area contributed by atoms with Crippen LogP contribution in [0.25, 0.3) is 0 Å². The molecule has 3 unspecified atom stereocenters. The van der Waals surface area contributed by atoms with E-state index in [9.17, 15) is 0 Å². The number of allylic oxidation sites excluding steroid dienone is 6. The van der Waals surface area contributed by atoms with Crippen LogP contribution in [0.5, 0.6) is 0 Å². The SMILES string of the molecule is CC(C)(C)[Si](C)(C)OCC1OC(C2=C/C=C\C=C(\I)C=C2)CC1O[Si](C)(C)C(C)(C)C. The number of hydrogen-bond donors (Lipinski definition) is 0. The Labute approximate surface area is 206 Å². The van der Waals surface area contributed by atoms with Gasteiger partial charge in [-0.25, -0.2) is 0 Å². The quantitative estimate of drug-likeness (QED) is 0.238. The van der Waals surface area contributed by atoms with E-state index in [0.29, 0.717) is 6.61 Å². The molecule has 1 aliphatic carbocycles. The first kappa shape index (κ1) is 27.2. The summed E-state index contributed by atoms with van der Waals surface area (Å²) in [6.45, 7) is 23.6. The normalized spacial score (nSPS) is 28.5. The van der Waals surface area contributed by atoms with E-state index >= 15 is 0 Å². The molecule has 2 rings (SSSR count). The van der Waals surface area contributed by atoms with E-state index in [1.165, 1.54) is 9.15 Å². The summed E-state index contributed by atoms with van der Waals surface area (Å²) in [5.74, 6) is 0. The molecule has 0 bridgehead atoms. The third-order valence-electron chi connectivity index (χ3n) is 7.33.